The number of halogens is 2. The molecular formula is C32H34ClFN2O. The minimum atomic E-state index is -0.326. The largest absolute Gasteiger partial charge is 0.303 e. The van der Waals surface area contributed by atoms with Gasteiger partial charge in [0.2, 0.25) is 0 Å². The third kappa shape index (κ3) is 4.65. The van der Waals surface area contributed by atoms with Gasteiger partial charge in [-0.3, -0.25) is 4.90 Å². The third-order valence-corrected chi connectivity index (χ3v) is 9.22. The first-order chi connectivity index (χ1) is 18.0. The van der Waals surface area contributed by atoms with E-state index in [4.69, 9.17) is 11.6 Å². The molecule has 2 fully saturated rings. The molecule has 3 aromatic rings. The van der Waals surface area contributed by atoms with Crippen molar-refractivity contribution in [2.75, 3.05) is 26.2 Å². The molecule has 2 aliphatic heterocycles. The second-order valence-electron chi connectivity index (χ2n) is 11.2. The normalized spacial score (nSPS) is 23.2. The molecule has 192 valence electrons. The SMILES string of the molecule is C[C@@H](c1cc(Cl)cc2ccccc12)N1CC=C(C2(c3ccc(F)cc3)CCN(CC3CC3)CC2)C1C=O. The Kier molecular flexibility index (Phi) is 6.68. The molecule has 0 N–H and O–H groups in total. The second-order valence-corrected chi connectivity index (χ2v) is 11.6. The van der Waals surface area contributed by atoms with Gasteiger partial charge in [-0.25, -0.2) is 4.39 Å². The summed E-state index contributed by atoms with van der Waals surface area (Å²) in [6.07, 6.45) is 7.99. The Hall–Kier alpha value is -2.53. The fourth-order valence-electron chi connectivity index (χ4n) is 6.77. The molecule has 1 unspecified atom stereocenters. The number of benzene rings is 3. The lowest BCUT2D eigenvalue weighted by atomic mass is 9.66. The summed E-state index contributed by atoms with van der Waals surface area (Å²) in [5.41, 5.74) is 3.18. The third-order valence-electron chi connectivity index (χ3n) is 9.01. The summed E-state index contributed by atoms with van der Waals surface area (Å²) in [4.78, 5) is 17.7. The maximum Gasteiger partial charge on any atom is 0.141 e. The van der Waals surface area contributed by atoms with Crippen molar-refractivity contribution in [2.45, 2.75) is 50.1 Å². The van der Waals surface area contributed by atoms with Crippen LogP contribution in [-0.4, -0.2) is 48.3 Å². The molecule has 3 aliphatic rings. The lowest BCUT2D eigenvalue weighted by Gasteiger charge is -2.45. The van der Waals surface area contributed by atoms with Crippen LogP contribution >= 0.6 is 11.6 Å². The van der Waals surface area contributed by atoms with Gasteiger partial charge in [0.25, 0.3) is 0 Å². The van der Waals surface area contributed by atoms with E-state index in [0.29, 0.717) is 11.6 Å². The lowest BCUT2D eigenvalue weighted by molar-refractivity contribution is -0.111. The molecule has 1 saturated carbocycles. The van der Waals surface area contributed by atoms with E-state index in [9.17, 15) is 9.18 Å². The zero-order valence-electron chi connectivity index (χ0n) is 21.4. The van der Waals surface area contributed by atoms with Crippen molar-refractivity contribution < 1.29 is 9.18 Å². The van der Waals surface area contributed by atoms with Crippen molar-refractivity contribution in [1.29, 1.82) is 0 Å². The first kappa shape index (κ1) is 24.8. The highest BCUT2D eigenvalue weighted by molar-refractivity contribution is 6.31. The van der Waals surface area contributed by atoms with Crippen molar-refractivity contribution in [3.63, 3.8) is 0 Å². The summed E-state index contributed by atoms with van der Waals surface area (Å²) in [5, 5.41) is 2.98. The monoisotopic (exact) mass is 516 g/mol. The number of carbonyl (C=O) groups is 1. The highest BCUT2D eigenvalue weighted by Crippen LogP contribution is 2.48. The predicted octanol–water partition coefficient (Wildman–Crippen LogP) is 6.95. The standard InChI is InChI=1S/C32H34ClFN2O/c1-22(29-19-26(33)18-24-4-2-3-5-28(24)29)36-15-12-30(31(36)21-37)32(25-8-10-27(34)11-9-25)13-16-35(17-14-32)20-23-6-7-23/h2-5,8-12,18-19,21-23,31H,6-7,13-17,20H2,1H3/t22-,31?/m0/s1. The molecule has 1 saturated heterocycles. The molecule has 0 amide bonds. The van der Waals surface area contributed by atoms with Crippen molar-refractivity contribution in [1.82, 2.24) is 9.80 Å². The number of rotatable bonds is 7. The van der Waals surface area contributed by atoms with Gasteiger partial charge in [-0.05, 0) is 103 Å². The average molecular weight is 517 g/mol. The maximum atomic E-state index is 13.9. The summed E-state index contributed by atoms with van der Waals surface area (Å²) < 4.78 is 13.9. The average Bonchev–Trinajstić information content (AvgIpc) is 3.63. The van der Waals surface area contributed by atoms with E-state index in [1.807, 2.05) is 30.3 Å². The van der Waals surface area contributed by atoms with Gasteiger partial charge in [-0.15, -0.1) is 0 Å². The molecule has 6 rings (SSSR count). The molecule has 3 nitrogen and oxygen atoms in total. The van der Waals surface area contributed by atoms with Gasteiger partial charge in [0.05, 0.1) is 6.04 Å². The van der Waals surface area contributed by atoms with Crippen LogP contribution in [-0.2, 0) is 10.2 Å². The van der Waals surface area contributed by atoms with Crippen molar-refractivity contribution in [3.8, 4) is 0 Å². The fraction of sp³-hybridized carbons (Fsp3) is 0.406. The van der Waals surface area contributed by atoms with E-state index >= 15 is 0 Å². The second kappa shape index (κ2) is 9.98. The van der Waals surface area contributed by atoms with Gasteiger partial charge in [0.1, 0.15) is 12.1 Å². The van der Waals surface area contributed by atoms with Crippen LogP contribution in [0.5, 0.6) is 0 Å². The van der Waals surface area contributed by atoms with Gasteiger partial charge in [0, 0.05) is 29.6 Å². The van der Waals surface area contributed by atoms with Crippen LogP contribution in [0.25, 0.3) is 10.8 Å². The molecule has 1 aliphatic carbocycles. The summed E-state index contributed by atoms with van der Waals surface area (Å²) in [7, 11) is 0. The first-order valence-electron chi connectivity index (χ1n) is 13.6. The zero-order chi connectivity index (χ0) is 25.6. The molecule has 0 spiro atoms. The minimum absolute atomic E-state index is 0.00720. The first-order valence-corrected chi connectivity index (χ1v) is 13.9. The van der Waals surface area contributed by atoms with E-state index in [1.165, 1.54) is 30.3 Å². The zero-order valence-corrected chi connectivity index (χ0v) is 22.1. The summed E-state index contributed by atoms with van der Waals surface area (Å²) in [5.74, 6) is 0.635. The summed E-state index contributed by atoms with van der Waals surface area (Å²) in [6.45, 7) is 6.07. The van der Waals surface area contributed by atoms with Crippen LogP contribution in [0, 0.1) is 11.7 Å². The number of piperidine rings is 1. The van der Waals surface area contributed by atoms with Gasteiger partial charge in [-0.1, -0.05) is 54.1 Å². The molecule has 37 heavy (non-hydrogen) atoms. The minimum Gasteiger partial charge on any atom is -0.303 e. The topological polar surface area (TPSA) is 23.6 Å². The maximum absolute atomic E-state index is 13.9. The predicted molar refractivity (Wildman–Crippen MR) is 148 cm³/mol. The Labute approximate surface area is 223 Å². The number of nitrogens with zero attached hydrogens (tertiary/aromatic N) is 2. The Balaban J connectivity index is 1.34. The van der Waals surface area contributed by atoms with E-state index in [2.05, 4.69) is 41.0 Å². The van der Waals surface area contributed by atoms with Crippen molar-refractivity contribution in [2.24, 2.45) is 5.92 Å². The Morgan fingerprint density at radius 3 is 2.51 bits per heavy atom. The number of hydrogen-bond donors (Lipinski definition) is 0. The number of hydrogen-bond acceptors (Lipinski definition) is 3. The lowest BCUT2D eigenvalue weighted by Crippen LogP contribution is -2.48. The summed E-state index contributed by atoms with van der Waals surface area (Å²) >= 11 is 6.53. The van der Waals surface area contributed by atoms with Crippen LogP contribution in [0.3, 0.4) is 0 Å². The van der Waals surface area contributed by atoms with Crippen LogP contribution in [0.15, 0.2) is 72.3 Å². The Bertz CT molecular complexity index is 1320. The molecule has 0 aromatic heterocycles. The quantitative estimate of drug-likeness (QED) is 0.251. The molecule has 5 heteroatoms. The Morgan fingerprint density at radius 2 is 1.81 bits per heavy atom. The molecular weight excluding hydrogens is 483 g/mol. The Morgan fingerprint density at radius 1 is 1.08 bits per heavy atom. The number of likely N-dealkylation sites (tertiary alicyclic amines) is 1. The smallest absolute Gasteiger partial charge is 0.141 e. The number of carbonyl (C=O) groups excluding carboxylic acids is 1. The van der Waals surface area contributed by atoms with Crippen LogP contribution < -0.4 is 0 Å². The highest BCUT2D eigenvalue weighted by Gasteiger charge is 2.46. The van der Waals surface area contributed by atoms with Crippen molar-refractivity contribution in [3.05, 3.63) is 94.3 Å². The molecule has 2 atom stereocenters. The van der Waals surface area contributed by atoms with E-state index in [0.717, 1.165) is 54.6 Å². The summed E-state index contributed by atoms with van der Waals surface area (Å²) in [6, 6.07) is 19.0. The number of aldehydes is 1. The van der Waals surface area contributed by atoms with Crippen LogP contribution in [0.1, 0.15) is 49.8 Å². The van der Waals surface area contributed by atoms with Gasteiger partial charge < -0.3 is 9.69 Å². The van der Waals surface area contributed by atoms with Crippen molar-refractivity contribution >= 4 is 28.7 Å². The fourth-order valence-corrected chi connectivity index (χ4v) is 7.00. The highest BCUT2D eigenvalue weighted by atomic mass is 35.5. The van der Waals surface area contributed by atoms with Crippen LogP contribution in [0.2, 0.25) is 5.02 Å². The van der Waals surface area contributed by atoms with Gasteiger partial charge in [0.15, 0.2) is 0 Å². The van der Waals surface area contributed by atoms with E-state index in [1.54, 1.807) is 12.1 Å². The molecule has 3 aromatic carbocycles. The number of fused-ring (bicyclic) bond motifs is 1. The van der Waals surface area contributed by atoms with Gasteiger partial charge >= 0.3 is 0 Å². The molecule has 0 radical (unpaired) electrons. The molecule has 0 bridgehead atoms. The van der Waals surface area contributed by atoms with Crippen LogP contribution in [0.4, 0.5) is 4.39 Å². The van der Waals surface area contributed by atoms with Gasteiger partial charge in [-0.2, -0.15) is 0 Å². The van der Waals surface area contributed by atoms with E-state index in [-0.39, 0.29) is 23.3 Å². The van der Waals surface area contributed by atoms with E-state index < -0.39 is 0 Å². The molecule has 2 heterocycles.